The summed E-state index contributed by atoms with van der Waals surface area (Å²) in [6, 6.07) is 37.9. The summed E-state index contributed by atoms with van der Waals surface area (Å²) in [4.78, 5) is 0. The molecule has 0 nitrogen and oxygen atoms in total. The normalized spacial score (nSPS) is 12.4. The molecule has 0 radical (unpaired) electrons. The second kappa shape index (κ2) is 13.4. The molecule has 4 aromatic rings. The highest BCUT2D eigenvalue weighted by Crippen LogP contribution is 2.21. The Bertz CT molecular complexity index is 1220. The number of hydrogen-bond acceptors (Lipinski definition) is 0. The summed E-state index contributed by atoms with van der Waals surface area (Å²) in [6.07, 6.45) is 14.2. The van der Waals surface area contributed by atoms with Crippen LogP contribution in [0.2, 0.25) is 0 Å². The van der Waals surface area contributed by atoms with Gasteiger partial charge in [0.15, 0.2) is 0 Å². The largest absolute Gasteiger partial charge is 0.0917 e. The lowest BCUT2D eigenvalue weighted by Gasteiger charge is -2.12. The van der Waals surface area contributed by atoms with Gasteiger partial charge in [0.25, 0.3) is 0 Å². The third kappa shape index (κ3) is 7.95. The zero-order valence-corrected chi connectivity index (χ0v) is 21.7. The molecular weight excluding hydrogens is 432 g/mol. The summed E-state index contributed by atoms with van der Waals surface area (Å²) >= 11 is 0. The number of allylic oxidation sites excluding steroid dienone is 2. The first-order valence-electron chi connectivity index (χ1n) is 13.3. The van der Waals surface area contributed by atoms with Crippen molar-refractivity contribution in [3.63, 3.8) is 0 Å². The predicted molar refractivity (Wildman–Crippen MR) is 157 cm³/mol. The summed E-state index contributed by atoms with van der Waals surface area (Å²) < 4.78 is 0. The van der Waals surface area contributed by atoms with Gasteiger partial charge in [-0.1, -0.05) is 134 Å². The van der Waals surface area contributed by atoms with E-state index in [1.54, 1.807) is 0 Å². The Balaban J connectivity index is 1.25. The molecule has 4 rings (SSSR count). The maximum Gasteiger partial charge on any atom is -0.0150 e. The Morgan fingerprint density at radius 1 is 0.556 bits per heavy atom. The van der Waals surface area contributed by atoms with E-state index in [9.17, 15) is 0 Å². The molecule has 0 aliphatic carbocycles. The van der Waals surface area contributed by atoms with Crippen molar-refractivity contribution in [3.05, 3.63) is 154 Å². The lowest BCUT2D eigenvalue weighted by atomic mass is 9.93. The molecule has 1 atom stereocenters. The van der Waals surface area contributed by atoms with Crippen LogP contribution in [0.5, 0.6) is 0 Å². The van der Waals surface area contributed by atoms with Crippen LogP contribution < -0.4 is 0 Å². The summed E-state index contributed by atoms with van der Waals surface area (Å²) in [5.74, 6) is 0.527. The van der Waals surface area contributed by atoms with Gasteiger partial charge in [-0.3, -0.25) is 0 Å². The molecule has 0 bridgehead atoms. The summed E-state index contributed by atoms with van der Waals surface area (Å²) in [6.45, 7) is 4.38. The minimum Gasteiger partial charge on any atom is -0.0917 e. The second-order valence-corrected chi connectivity index (χ2v) is 9.76. The highest BCUT2D eigenvalue weighted by molar-refractivity contribution is 5.69. The van der Waals surface area contributed by atoms with Crippen molar-refractivity contribution in [2.75, 3.05) is 0 Å². The molecule has 0 saturated carbocycles. The Kier molecular flexibility index (Phi) is 9.51. The van der Waals surface area contributed by atoms with E-state index in [2.05, 4.69) is 141 Å². The Hall–Kier alpha value is -3.64. The van der Waals surface area contributed by atoms with Crippen molar-refractivity contribution in [1.82, 2.24) is 0 Å². The minimum absolute atomic E-state index is 0.527. The molecule has 0 amide bonds. The molecule has 4 aromatic carbocycles. The van der Waals surface area contributed by atoms with E-state index in [4.69, 9.17) is 0 Å². The van der Waals surface area contributed by atoms with Crippen molar-refractivity contribution < 1.29 is 0 Å². The van der Waals surface area contributed by atoms with E-state index in [-0.39, 0.29) is 0 Å². The van der Waals surface area contributed by atoms with Crippen LogP contribution >= 0.6 is 0 Å². The van der Waals surface area contributed by atoms with Crippen molar-refractivity contribution >= 4 is 12.2 Å². The third-order valence-corrected chi connectivity index (χ3v) is 6.90. The monoisotopic (exact) mass is 470 g/mol. The van der Waals surface area contributed by atoms with E-state index in [1.807, 2.05) is 0 Å². The van der Waals surface area contributed by atoms with Gasteiger partial charge in [0, 0.05) is 0 Å². The van der Waals surface area contributed by atoms with E-state index < -0.39 is 0 Å². The van der Waals surface area contributed by atoms with Crippen LogP contribution in [0.15, 0.2) is 115 Å². The summed E-state index contributed by atoms with van der Waals surface area (Å²) in [5, 5.41) is 0. The second-order valence-electron chi connectivity index (χ2n) is 9.76. The smallest absolute Gasteiger partial charge is 0.0150 e. The van der Waals surface area contributed by atoms with Crippen molar-refractivity contribution in [2.24, 2.45) is 0 Å². The van der Waals surface area contributed by atoms with Crippen LogP contribution in [0.1, 0.15) is 65.1 Å². The van der Waals surface area contributed by atoms with Gasteiger partial charge in [0.1, 0.15) is 0 Å². The van der Waals surface area contributed by atoms with Gasteiger partial charge >= 0.3 is 0 Å². The van der Waals surface area contributed by atoms with E-state index in [0.29, 0.717) is 5.92 Å². The fourth-order valence-corrected chi connectivity index (χ4v) is 4.58. The SMILES string of the molecule is CC=CCCc1ccc(CCc2ccc(C=Cc3ccc(C[C@@H](C)c4ccccc4)cc3)cc2)cc1. The molecule has 36 heavy (non-hydrogen) atoms. The highest BCUT2D eigenvalue weighted by atomic mass is 14.1. The van der Waals surface area contributed by atoms with Crippen LogP contribution in [-0.4, -0.2) is 0 Å². The molecule has 0 aliphatic rings. The van der Waals surface area contributed by atoms with Crippen LogP contribution in [0.3, 0.4) is 0 Å². The average molecular weight is 471 g/mol. The molecule has 0 N–H and O–H groups in total. The number of rotatable bonds is 11. The first-order valence-corrected chi connectivity index (χ1v) is 13.3. The van der Waals surface area contributed by atoms with Gasteiger partial charge in [0.05, 0.1) is 0 Å². The van der Waals surface area contributed by atoms with Crippen LogP contribution in [0.4, 0.5) is 0 Å². The number of hydrogen-bond donors (Lipinski definition) is 0. The fraction of sp³-hybridized carbons (Fsp3) is 0.222. The molecule has 0 saturated heterocycles. The van der Waals surface area contributed by atoms with Gasteiger partial charge in [-0.25, -0.2) is 0 Å². The Morgan fingerprint density at radius 3 is 1.56 bits per heavy atom. The zero-order chi connectivity index (χ0) is 25.0. The molecular formula is C36H38. The first kappa shape index (κ1) is 25.5. The Morgan fingerprint density at radius 2 is 1.03 bits per heavy atom. The summed E-state index contributed by atoms with van der Waals surface area (Å²) in [7, 11) is 0. The predicted octanol–water partition coefficient (Wildman–Crippen LogP) is 9.50. The van der Waals surface area contributed by atoms with Gasteiger partial charge in [-0.2, -0.15) is 0 Å². The zero-order valence-electron chi connectivity index (χ0n) is 21.7. The maximum atomic E-state index is 2.30. The molecule has 0 aliphatic heterocycles. The van der Waals surface area contributed by atoms with Crippen LogP contribution in [0.25, 0.3) is 12.2 Å². The molecule has 0 aromatic heterocycles. The lowest BCUT2D eigenvalue weighted by Crippen LogP contribution is -1.98. The van der Waals surface area contributed by atoms with Crippen LogP contribution in [-0.2, 0) is 25.7 Å². The van der Waals surface area contributed by atoms with Gasteiger partial charge in [0.2, 0.25) is 0 Å². The minimum atomic E-state index is 0.527. The number of aryl methyl sites for hydroxylation is 3. The lowest BCUT2D eigenvalue weighted by molar-refractivity contribution is 0.759. The first-order chi connectivity index (χ1) is 17.7. The molecule has 0 spiro atoms. The molecule has 0 heterocycles. The van der Waals surface area contributed by atoms with Gasteiger partial charge < -0.3 is 0 Å². The standard InChI is InChI=1S/C36H38/c1-3-4-6-9-30-12-14-31(15-13-30)16-17-32-18-20-33(21-19-32)22-23-34-24-26-35(27-25-34)28-29(2)36-10-7-5-8-11-36/h3-5,7-8,10-15,18-27,29H,6,9,16-17,28H2,1-2H3/t29-/m1/s1. The third-order valence-electron chi connectivity index (χ3n) is 6.90. The Labute approximate surface area is 218 Å². The van der Waals surface area contributed by atoms with Crippen LogP contribution in [0, 0.1) is 0 Å². The van der Waals surface area contributed by atoms with Crippen molar-refractivity contribution in [1.29, 1.82) is 0 Å². The number of benzene rings is 4. The molecule has 0 fully saturated rings. The average Bonchev–Trinajstić information content (AvgIpc) is 2.93. The molecule has 0 heteroatoms. The topological polar surface area (TPSA) is 0 Å². The van der Waals surface area contributed by atoms with Crippen molar-refractivity contribution in [3.8, 4) is 0 Å². The molecule has 0 unspecified atom stereocenters. The highest BCUT2D eigenvalue weighted by Gasteiger charge is 2.06. The van der Waals surface area contributed by atoms with E-state index >= 15 is 0 Å². The summed E-state index contributed by atoms with van der Waals surface area (Å²) in [5.41, 5.74) is 9.49. The maximum absolute atomic E-state index is 2.30. The van der Waals surface area contributed by atoms with E-state index in [0.717, 1.165) is 32.1 Å². The molecule has 182 valence electrons. The quantitative estimate of drug-likeness (QED) is 0.151. The van der Waals surface area contributed by atoms with Gasteiger partial charge in [-0.15, -0.1) is 0 Å². The van der Waals surface area contributed by atoms with Gasteiger partial charge in [-0.05, 0) is 83.9 Å². The van der Waals surface area contributed by atoms with E-state index in [1.165, 1.54) is 38.9 Å². The van der Waals surface area contributed by atoms with Crippen molar-refractivity contribution in [2.45, 2.75) is 51.9 Å². The fourth-order valence-electron chi connectivity index (χ4n) is 4.58.